The molecular formula is C15H15FN4O. The van der Waals surface area contributed by atoms with E-state index in [2.05, 4.69) is 10.3 Å². The van der Waals surface area contributed by atoms with Gasteiger partial charge in [-0.1, -0.05) is 11.3 Å². The molecule has 2 N–H and O–H groups in total. The summed E-state index contributed by atoms with van der Waals surface area (Å²) in [5.74, 6) is 0.342. The van der Waals surface area contributed by atoms with Crippen molar-refractivity contribution in [3.63, 3.8) is 0 Å². The first-order chi connectivity index (χ1) is 10.2. The molecule has 0 aliphatic carbocycles. The zero-order valence-electron chi connectivity index (χ0n) is 11.6. The molecule has 2 aromatic carbocycles. The number of ether oxygens (including phenoxy) is 1. The van der Waals surface area contributed by atoms with E-state index in [0.29, 0.717) is 24.4 Å². The molecule has 108 valence electrons. The van der Waals surface area contributed by atoms with Crippen molar-refractivity contribution < 1.29 is 9.13 Å². The molecule has 1 aromatic heterocycles. The lowest BCUT2D eigenvalue weighted by atomic mass is 10.2. The van der Waals surface area contributed by atoms with Gasteiger partial charge in [-0.3, -0.25) is 0 Å². The van der Waals surface area contributed by atoms with Crippen LogP contribution in [0.4, 0.5) is 4.39 Å². The van der Waals surface area contributed by atoms with Crippen molar-refractivity contribution in [2.24, 2.45) is 5.73 Å². The molecule has 21 heavy (non-hydrogen) atoms. The molecule has 1 heterocycles. The van der Waals surface area contributed by atoms with Crippen molar-refractivity contribution >= 4 is 11.0 Å². The van der Waals surface area contributed by atoms with E-state index < -0.39 is 0 Å². The van der Waals surface area contributed by atoms with E-state index >= 15 is 0 Å². The summed E-state index contributed by atoms with van der Waals surface area (Å²) in [6.45, 7) is 2.79. The standard InChI is InChI=1S/C15H15FN4O/c1-2-21-11-4-6-15-13(8-11)18-19-20(15)14-5-3-10(9-17)7-12(14)16/h3-8H,2,9,17H2,1H3. The van der Waals surface area contributed by atoms with E-state index in [1.165, 1.54) is 10.7 Å². The molecule has 0 bridgehead atoms. The number of fused-ring (bicyclic) bond motifs is 1. The van der Waals surface area contributed by atoms with Crippen LogP contribution in [0, 0.1) is 5.82 Å². The van der Waals surface area contributed by atoms with Crippen LogP contribution < -0.4 is 10.5 Å². The first-order valence-electron chi connectivity index (χ1n) is 6.70. The largest absolute Gasteiger partial charge is 0.494 e. The lowest BCUT2D eigenvalue weighted by Crippen LogP contribution is -2.03. The predicted octanol–water partition coefficient (Wildman–Crippen LogP) is 2.42. The lowest BCUT2D eigenvalue weighted by molar-refractivity contribution is 0.340. The van der Waals surface area contributed by atoms with Gasteiger partial charge in [-0.15, -0.1) is 5.10 Å². The molecule has 0 atom stereocenters. The summed E-state index contributed by atoms with van der Waals surface area (Å²) in [7, 11) is 0. The molecule has 0 saturated carbocycles. The fourth-order valence-corrected chi connectivity index (χ4v) is 2.19. The number of nitrogens with zero attached hydrogens (tertiary/aromatic N) is 3. The molecule has 0 spiro atoms. The summed E-state index contributed by atoms with van der Waals surface area (Å²) in [6, 6.07) is 10.3. The summed E-state index contributed by atoms with van der Waals surface area (Å²) in [6.07, 6.45) is 0. The van der Waals surface area contributed by atoms with Gasteiger partial charge >= 0.3 is 0 Å². The Morgan fingerprint density at radius 3 is 2.81 bits per heavy atom. The second-order valence-electron chi connectivity index (χ2n) is 4.57. The summed E-state index contributed by atoms with van der Waals surface area (Å²) >= 11 is 0. The predicted molar refractivity (Wildman–Crippen MR) is 77.9 cm³/mol. The molecule has 3 aromatic rings. The van der Waals surface area contributed by atoms with Crippen molar-refractivity contribution in [2.75, 3.05) is 6.61 Å². The Bertz CT molecular complexity index is 784. The van der Waals surface area contributed by atoms with Gasteiger partial charge in [-0.25, -0.2) is 9.07 Å². The Balaban J connectivity index is 2.08. The molecule has 5 nitrogen and oxygen atoms in total. The smallest absolute Gasteiger partial charge is 0.149 e. The molecule has 3 rings (SSSR count). The molecule has 6 heteroatoms. The third kappa shape index (κ3) is 2.45. The number of rotatable bonds is 4. The van der Waals surface area contributed by atoms with E-state index in [0.717, 1.165) is 16.8 Å². The van der Waals surface area contributed by atoms with Crippen molar-refractivity contribution in [1.29, 1.82) is 0 Å². The van der Waals surface area contributed by atoms with E-state index in [1.54, 1.807) is 18.2 Å². The van der Waals surface area contributed by atoms with Gasteiger partial charge in [0.25, 0.3) is 0 Å². The van der Waals surface area contributed by atoms with E-state index in [-0.39, 0.29) is 5.82 Å². The zero-order valence-corrected chi connectivity index (χ0v) is 11.6. The van der Waals surface area contributed by atoms with Crippen molar-refractivity contribution in [3.8, 4) is 11.4 Å². The fraction of sp³-hybridized carbons (Fsp3) is 0.200. The van der Waals surface area contributed by atoms with Crippen molar-refractivity contribution in [3.05, 3.63) is 47.8 Å². The van der Waals surface area contributed by atoms with Crippen LogP contribution in [-0.2, 0) is 6.54 Å². The molecule has 0 unspecified atom stereocenters. The number of halogens is 1. The van der Waals surface area contributed by atoms with Crippen LogP contribution in [0.3, 0.4) is 0 Å². The van der Waals surface area contributed by atoms with Crippen molar-refractivity contribution in [2.45, 2.75) is 13.5 Å². The van der Waals surface area contributed by atoms with Gasteiger partial charge in [0, 0.05) is 12.6 Å². The third-order valence-corrected chi connectivity index (χ3v) is 3.20. The Kier molecular flexibility index (Phi) is 3.53. The van der Waals surface area contributed by atoms with Gasteiger partial charge in [0.15, 0.2) is 0 Å². The van der Waals surface area contributed by atoms with Gasteiger partial charge in [-0.05, 0) is 36.8 Å². The number of nitrogens with two attached hydrogens (primary N) is 1. The minimum Gasteiger partial charge on any atom is -0.494 e. The Labute approximate surface area is 121 Å². The maximum atomic E-state index is 14.2. The minimum atomic E-state index is -0.376. The van der Waals surface area contributed by atoms with Crippen molar-refractivity contribution in [1.82, 2.24) is 15.0 Å². The van der Waals surface area contributed by atoms with Crippen LogP contribution in [-0.4, -0.2) is 21.6 Å². The highest BCUT2D eigenvalue weighted by atomic mass is 19.1. The van der Waals surface area contributed by atoms with Crippen LogP contribution in [0.1, 0.15) is 12.5 Å². The number of benzene rings is 2. The van der Waals surface area contributed by atoms with Crippen LogP contribution >= 0.6 is 0 Å². The first-order valence-corrected chi connectivity index (χ1v) is 6.70. The second kappa shape index (κ2) is 5.49. The SMILES string of the molecule is CCOc1ccc2c(c1)nnn2-c1ccc(CN)cc1F. The highest BCUT2D eigenvalue weighted by Crippen LogP contribution is 2.23. The number of aromatic nitrogens is 3. The molecule has 0 saturated heterocycles. The zero-order chi connectivity index (χ0) is 14.8. The summed E-state index contributed by atoms with van der Waals surface area (Å²) in [5, 5.41) is 8.09. The molecular weight excluding hydrogens is 271 g/mol. The Morgan fingerprint density at radius 1 is 1.24 bits per heavy atom. The molecule has 0 aliphatic heterocycles. The highest BCUT2D eigenvalue weighted by Gasteiger charge is 2.12. The van der Waals surface area contributed by atoms with E-state index in [4.69, 9.17) is 10.5 Å². The fourth-order valence-electron chi connectivity index (χ4n) is 2.19. The van der Waals surface area contributed by atoms with Crippen LogP contribution in [0.2, 0.25) is 0 Å². The Hall–Kier alpha value is -2.47. The van der Waals surface area contributed by atoms with Gasteiger partial charge in [0.1, 0.15) is 22.8 Å². The minimum absolute atomic E-state index is 0.299. The molecule has 0 fully saturated rings. The topological polar surface area (TPSA) is 66.0 Å². The van der Waals surface area contributed by atoms with Gasteiger partial charge in [-0.2, -0.15) is 0 Å². The molecule has 0 aliphatic rings. The van der Waals surface area contributed by atoms with Gasteiger partial charge in [0.2, 0.25) is 0 Å². The normalized spacial score (nSPS) is 11.0. The quantitative estimate of drug-likeness (QED) is 0.800. The van der Waals surface area contributed by atoms with E-state index in [9.17, 15) is 4.39 Å². The molecule has 0 amide bonds. The van der Waals surface area contributed by atoms with E-state index in [1.807, 2.05) is 19.1 Å². The maximum absolute atomic E-state index is 14.2. The average molecular weight is 286 g/mol. The molecule has 0 radical (unpaired) electrons. The van der Waals surface area contributed by atoms with Crippen LogP contribution in [0.25, 0.3) is 16.7 Å². The number of hydrogen-bond acceptors (Lipinski definition) is 4. The highest BCUT2D eigenvalue weighted by molar-refractivity contribution is 5.77. The van der Waals surface area contributed by atoms with Crippen LogP contribution in [0.5, 0.6) is 5.75 Å². The summed E-state index contributed by atoms with van der Waals surface area (Å²) < 4.78 is 21.1. The third-order valence-electron chi connectivity index (χ3n) is 3.20. The Morgan fingerprint density at radius 2 is 2.10 bits per heavy atom. The van der Waals surface area contributed by atoms with Gasteiger partial charge in [0.05, 0.1) is 12.1 Å². The summed E-state index contributed by atoms with van der Waals surface area (Å²) in [4.78, 5) is 0. The maximum Gasteiger partial charge on any atom is 0.149 e. The van der Waals surface area contributed by atoms with Crippen LogP contribution in [0.15, 0.2) is 36.4 Å². The lowest BCUT2D eigenvalue weighted by Gasteiger charge is -2.06. The summed E-state index contributed by atoms with van der Waals surface area (Å²) in [5.41, 5.74) is 7.97. The number of hydrogen-bond donors (Lipinski definition) is 1. The first kappa shape index (κ1) is 13.5. The monoisotopic (exact) mass is 286 g/mol. The second-order valence-corrected chi connectivity index (χ2v) is 4.57. The average Bonchev–Trinajstić information content (AvgIpc) is 2.90. The van der Waals surface area contributed by atoms with Gasteiger partial charge < -0.3 is 10.5 Å².